The van der Waals surface area contributed by atoms with E-state index in [0.717, 1.165) is 37.2 Å². The molecule has 1 fully saturated rings. The van der Waals surface area contributed by atoms with Crippen molar-refractivity contribution in [3.05, 3.63) is 28.8 Å². The molecule has 2 N–H and O–H groups in total. The molecule has 2 rings (SSSR count). The van der Waals surface area contributed by atoms with Gasteiger partial charge >= 0.3 is 5.97 Å². The summed E-state index contributed by atoms with van der Waals surface area (Å²) in [5, 5.41) is 3.59. The number of carbonyl (C=O) groups is 2. The van der Waals surface area contributed by atoms with E-state index in [1.165, 1.54) is 4.90 Å². The minimum Gasteiger partial charge on any atom is -0.466 e. The molecule has 23 heavy (non-hydrogen) atoms. The Morgan fingerprint density at radius 3 is 2.65 bits per heavy atom. The fourth-order valence-electron chi connectivity index (χ4n) is 2.89. The van der Waals surface area contributed by atoms with E-state index in [-0.39, 0.29) is 17.8 Å². The Balaban J connectivity index is 1.79. The number of ether oxygens (including phenoxy) is 1. The van der Waals surface area contributed by atoms with Crippen molar-refractivity contribution in [3.8, 4) is 0 Å². The van der Waals surface area contributed by atoms with E-state index in [1.54, 1.807) is 6.07 Å². The third-order valence-corrected chi connectivity index (χ3v) is 4.42. The summed E-state index contributed by atoms with van der Waals surface area (Å²) in [4.78, 5) is 25.1. The van der Waals surface area contributed by atoms with Gasteiger partial charge in [-0.25, -0.2) is 0 Å². The first kappa shape index (κ1) is 17.8. The molecule has 1 saturated heterocycles. The van der Waals surface area contributed by atoms with Crippen molar-refractivity contribution >= 4 is 29.2 Å². The highest BCUT2D eigenvalue weighted by Crippen LogP contribution is 2.19. The fraction of sp³-hybridized carbons (Fsp3) is 0.529. The van der Waals surface area contributed by atoms with E-state index in [2.05, 4.69) is 5.32 Å². The van der Waals surface area contributed by atoms with Gasteiger partial charge in [-0.1, -0.05) is 11.6 Å². The van der Waals surface area contributed by atoms with E-state index >= 15 is 0 Å². The van der Waals surface area contributed by atoms with Crippen molar-refractivity contribution in [2.24, 2.45) is 5.92 Å². The van der Waals surface area contributed by atoms with Crippen molar-refractivity contribution in [2.45, 2.75) is 26.7 Å². The van der Waals surface area contributed by atoms with E-state index in [1.807, 2.05) is 26.0 Å². The van der Waals surface area contributed by atoms with Gasteiger partial charge in [0.05, 0.1) is 25.6 Å². The Kier molecular flexibility index (Phi) is 6.42. The highest BCUT2D eigenvalue weighted by atomic mass is 35.5. The Hall–Kier alpha value is -1.59. The number of nitrogens with one attached hydrogen (secondary N) is 2. The average molecular weight is 340 g/mol. The van der Waals surface area contributed by atoms with Crippen LogP contribution in [0.1, 0.15) is 25.3 Å². The van der Waals surface area contributed by atoms with Crippen molar-refractivity contribution in [3.63, 3.8) is 0 Å². The lowest BCUT2D eigenvalue weighted by Crippen LogP contribution is -3.14. The van der Waals surface area contributed by atoms with Crippen molar-refractivity contribution in [1.29, 1.82) is 0 Å². The molecular weight excluding hydrogens is 316 g/mol. The van der Waals surface area contributed by atoms with Gasteiger partial charge in [-0.05, 0) is 37.6 Å². The Labute approximate surface area is 141 Å². The molecule has 0 unspecified atom stereocenters. The summed E-state index contributed by atoms with van der Waals surface area (Å²) in [6.07, 6.45) is 1.56. The Morgan fingerprint density at radius 2 is 2.04 bits per heavy atom. The van der Waals surface area contributed by atoms with Crippen LogP contribution in [-0.2, 0) is 14.3 Å². The van der Waals surface area contributed by atoms with Crippen LogP contribution in [0.2, 0.25) is 5.02 Å². The number of quaternary nitrogens is 1. The van der Waals surface area contributed by atoms with Crippen LogP contribution < -0.4 is 10.2 Å². The molecule has 126 valence electrons. The summed E-state index contributed by atoms with van der Waals surface area (Å²) in [6.45, 7) is 6.21. The number of rotatable bonds is 5. The highest BCUT2D eigenvalue weighted by Gasteiger charge is 2.29. The van der Waals surface area contributed by atoms with Crippen LogP contribution >= 0.6 is 11.6 Å². The summed E-state index contributed by atoms with van der Waals surface area (Å²) < 4.78 is 5.06. The van der Waals surface area contributed by atoms with Crippen molar-refractivity contribution < 1.29 is 19.2 Å². The van der Waals surface area contributed by atoms with Gasteiger partial charge in [0, 0.05) is 23.6 Å². The van der Waals surface area contributed by atoms with Gasteiger partial charge in [-0.15, -0.1) is 0 Å². The summed E-state index contributed by atoms with van der Waals surface area (Å²) in [5.41, 5.74) is 1.74. The number of hydrogen-bond acceptors (Lipinski definition) is 3. The minimum atomic E-state index is -0.104. The number of hydrogen-bond donors (Lipinski definition) is 2. The van der Waals surface area contributed by atoms with Crippen molar-refractivity contribution in [1.82, 2.24) is 0 Å². The molecule has 1 aliphatic heterocycles. The molecule has 1 heterocycles. The number of likely N-dealkylation sites (tertiary alicyclic amines) is 1. The summed E-state index contributed by atoms with van der Waals surface area (Å²) in [6, 6.07) is 5.41. The first-order valence-corrected chi connectivity index (χ1v) is 8.43. The molecule has 1 aliphatic rings. The van der Waals surface area contributed by atoms with E-state index in [4.69, 9.17) is 16.3 Å². The number of anilines is 1. The first-order valence-electron chi connectivity index (χ1n) is 8.05. The van der Waals surface area contributed by atoms with Gasteiger partial charge in [-0.2, -0.15) is 0 Å². The van der Waals surface area contributed by atoms with Crippen LogP contribution in [0, 0.1) is 12.8 Å². The van der Waals surface area contributed by atoms with E-state index in [0.29, 0.717) is 18.2 Å². The standard InChI is InChI=1S/C17H23ClN2O3/c1-3-23-17(22)13-6-8-20(9-7-13)11-16(21)19-15-5-4-14(18)10-12(15)2/h4-5,10,13H,3,6-9,11H2,1-2H3,(H,19,21)/p+1. The van der Waals surface area contributed by atoms with Crippen LogP contribution in [0.5, 0.6) is 0 Å². The largest absolute Gasteiger partial charge is 0.466 e. The second-order valence-corrected chi connectivity index (χ2v) is 6.40. The zero-order chi connectivity index (χ0) is 16.8. The van der Waals surface area contributed by atoms with Crippen LogP contribution in [0.4, 0.5) is 5.69 Å². The van der Waals surface area contributed by atoms with Gasteiger partial charge in [0.25, 0.3) is 5.91 Å². The Bertz CT molecular complexity index is 569. The zero-order valence-electron chi connectivity index (χ0n) is 13.7. The molecule has 0 bridgehead atoms. The first-order chi connectivity index (χ1) is 11.0. The second kappa shape index (κ2) is 8.31. The predicted molar refractivity (Wildman–Crippen MR) is 89.7 cm³/mol. The van der Waals surface area contributed by atoms with Crippen LogP contribution in [-0.4, -0.2) is 38.1 Å². The fourth-order valence-corrected chi connectivity index (χ4v) is 3.11. The Morgan fingerprint density at radius 1 is 1.35 bits per heavy atom. The van der Waals surface area contributed by atoms with Gasteiger partial charge in [-0.3, -0.25) is 9.59 Å². The van der Waals surface area contributed by atoms with Gasteiger partial charge in [0.1, 0.15) is 0 Å². The number of esters is 1. The summed E-state index contributed by atoms with van der Waals surface area (Å²) in [7, 11) is 0. The SMILES string of the molecule is CCOC(=O)C1CC[NH+](CC(=O)Nc2ccc(Cl)cc2C)CC1. The lowest BCUT2D eigenvalue weighted by atomic mass is 9.97. The number of piperidine rings is 1. The van der Waals surface area contributed by atoms with Gasteiger partial charge in [0.15, 0.2) is 6.54 Å². The summed E-state index contributed by atoms with van der Waals surface area (Å²) >= 11 is 5.92. The van der Waals surface area contributed by atoms with Crippen LogP contribution in [0.15, 0.2) is 18.2 Å². The third-order valence-electron chi connectivity index (χ3n) is 4.19. The highest BCUT2D eigenvalue weighted by molar-refractivity contribution is 6.30. The maximum absolute atomic E-state index is 12.2. The maximum Gasteiger partial charge on any atom is 0.309 e. The quantitative estimate of drug-likeness (QED) is 0.798. The average Bonchev–Trinajstić information content (AvgIpc) is 2.51. The zero-order valence-corrected chi connectivity index (χ0v) is 14.4. The second-order valence-electron chi connectivity index (χ2n) is 5.96. The molecule has 0 spiro atoms. The molecule has 1 amide bonds. The van der Waals surface area contributed by atoms with Crippen LogP contribution in [0.3, 0.4) is 0 Å². The normalized spacial score (nSPS) is 20.8. The lowest BCUT2D eigenvalue weighted by molar-refractivity contribution is -0.897. The number of amides is 1. The lowest BCUT2D eigenvalue weighted by Gasteiger charge is -2.27. The topological polar surface area (TPSA) is 59.8 Å². The molecule has 5 nitrogen and oxygen atoms in total. The molecular formula is C17H24ClN2O3+. The summed E-state index contributed by atoms with van der Waals surface area (Å²) in [5.74, 6) is -0.131. The van der Waals surface area contributed by atoms with Gasteiger partial charge < -0.3 is 15.0 Å². The third kappa shape index (κ3) is 5.22. The molecule has 0 atom stereocenters. The smallest absolute Gasteiger partial charge is 0.309 e. The number of aryl methyl sites for hydroxylation is 1. The number of carbonyl (C=O) groups excluding carboxylic acids is 2. The minimum absolute atomic E-state index is 0.0136. The number of benzene rings is 1. The van der Waals surface area contributed by atoms with E-state index < -0.39 is 0 Å². The molecule has 0 radical (unpaired) electrons. The van der Waals surface area contributed by atoms with Crippen LogP contribution in [0.25, 0.3) is 0 Å². The molecule has 1 aromatic carbocycles. The molecule has 0 aliphatic carbocycles. The molecule has 6 heteroatoms. The molecule has 0 aromatic heterocycles. The molecule has 0 saturated carbocycles. The number of halogens is 1. The van der Waals surface area contributed by atoms with Gasteiger partial charge in [0.2, 0.25) is 0 Å². The molecule has 1 aromatic rings. The monoisotopic (exact) mass is 339 g/mol. The predicted octanol–water partition coefficient (Wildman–Crippen LogP) is 1.44. The van der Waals surface area contributed by atoms with E-state index in [9.17, 15) is 9.59 Å². The van der Waals surface area contributed by atoms with Crippen molar-refractivity contribution in [2.75, 3.05) is 31.6 Å². The maximum atomic E-state index is 12.2.